The van der Waals surface area contributed by atoms with Gasteiger partial charge < -0.3 is 9.15 Å². The molecule has 4 rings (SSSR count). The number of ether oxygens (including phenoxy) is 1. The smallest absolute Gasteiger partial charge is 0.305 e. The highest BCUT2D eigenvalue weighted by Gasteiger charge is 2.30. The Kier molecular flexibility index (Phi) is 4.31. The van der Waals surface area contributed by atoms with Crippen LogP contribution in [0.5, 0.6) is 5.75 Å². The van der Waals surface area contributed by atoms with Gasteiger partial charge in [0.05, 0.1) is 0 Å². The van der Waals surface area contributed by atoms with E-state index in [2.05, 4.69) is 10.9 Å². The van der Waals surface area contributed by atoms with Crippen LogP contribution in [-0.4, -0.2) is 11.8 Å². The van der Waals surface area contributed by atoms with Crippen molar-refractivity contribution in [3.63, 3.8) is 0 Å². The molecule has 1 aliphatic rings. The second-order valence-electron chi connectivity index (χ2n) is 6.23. The Balaban J connectivity index is 1.56. The second-order valence-corrected chi connectivity index (χ2v) is 6.23. The highest BCUT2D eigenvalue weighted by Crippen LogP contribution is 2.29. The molecule has 1 aliphatic carbocycles. The number of amides is 2. The summed E-state index contributed by atoms with van der Waals surface area (Å²) in [7, 11) is 0. The molecule has 0 saturated heterocycles. The van der Waals surface area contributed by atoms with Crippen LogP contribution < -0.4 is 15.6 Å². The summed E-state index contributed by atoms with van der Waals surface area (Å²) in [5.41, 5.74) is 6.12. The van der Waals surface area contributed by atoms with Crippen molar-refractivity contribution in [3.05, 3.63) is 65.9 Å². The number of hydrogen-bond acceptors (Lipinski definition) is 4. The van der Waals surface area contributed by atoms with Gasteiger partial charge in [-0.2, -0.15) is 0 Å². The normalized spacial score (nSPS) is 13.4. The Morgan fingerprint density at radius 2 is 1.73 bits per heavy atom. The summed E-state index contributed by atoms with van der Waals surface area (Å²) in [6, 6.07) is 16.7. The minimum Gasteiger partial charge on any atom is -0.489 e. The molecule has 6 heteroatoms. The quantitative estimate of drug-likeness (QED) is 0.693. The first-order chi connectivity index (χ1) is 12.7. The van der Waals surface area contributed by atoms with Crippen molar-refractivity contribution in [2.45, 2.75) is 19.4 Å². The third-order valence-corrected chi connectivity index (χ3v) is 4.28. The van der Waals surface area contributed by atoms with Gasteiger partial charge in [-0.1, -0.05) is 36.4 Å². The van der Waals surface area contributed by atoms with E-state index in [1.807, 2.05) is 48.5 Å². The van der Waals surface area contributed by atoms with Gasteiger partial charge in [0.2, 0.25) is 11.7 Å². The van der Waals surface area contributed by atoms with Crippen LogP contribution in [0.2, 0.25) is 0 Å². The summed E-state index contributed by atoms with van der Waals surface area (Å²) in [6.07, 6.45) is 1.73. The molecule has 0 aliphatic heterocycles. The molecule has 0 spiro atoms. The number of carbonyl (C=O) groups excluding carboxylic acids is 2. The average molecular weight is 350 g/mol. The van der Waals surface area contributed by atoms with E-state index in [-0.39, 0.29) is 24.2 Å². The van der Waals surface area contributed by atoms with E-state index in [0.717, 1.165) is 18.2 Å². The zero-order valence-corrected chi connectivity index (χ0v) is 14.0. The van der Waals surface area contributed by atoms with E-state index < -0.39 is 5.91 Å². The Morgan fingerprint density at radius 3 is 2.50 bits per heavy atom. The fourth-order valence-corrected chi connectivity index (χ4v) is 2.72. The maximum Gasteiger partial charge on any atom is 0.305 e. The molecule has 0 bridgehead atoms. The van der Waals surface area contributed by atoms with Gasteiger partial charge in [-0.05, 0) is 31.0 Å². The molecule has 2 N–H and O–H groups in total. The zero-order valence-electron chi connectivity index (χ0n) is 14.0. The van der Waals surface area contributed by atoms with Crippen molar-refractivity contribution in [2.75, 3.05) is 0 Å². The van der Waals surface area contributed by atoms with Crippen LogP contribution in [0.25, 0.3) is 11.0 Å². The van der Waals surface area contributed by atoms with E-state index in [4.69, 9.17) is 9.15 Å². The molecule has 3 aromatic rings. The van der Waals surface area contributed by atoms with Crippen LogP contribution >= 0.6 is 0 Å². The van der Waals surface area contributed by atoms with Crippen LogP contribution in [0.4, 0.5) is 0 Å². The minimum atomic E-state index is -0.498. The van der Waals surface area contributed by atoms with Crippen LogP contribution in [-0.2, 0) is 11.4 Å². The van der Waals surface area contributed by atoms with Crippen molar-refractivity contribution in [3.8, 4) is 5.75 Å². The Morgan fingerprint density at radius 1 is 1.00 bits per heavy atom. The molecule has 132 valence electrons. The lowest BCUT2D eigenvalue weighted by atomic mass is 10.1. The maximum absolute atomic E-state index is 12.5. The van der Waals surface area contributed by atoms with Gasteiger partial charge in [-0.15, -0.1) is 0 Å². The molecule has 1 saturated carbocycles. The molecule has 6 nitrogen and oxygen atoms in total. The fraction of sp³-hybridized carbons (Fsp3) is 0.200. The summed E-state index contributed by atoms with van der Waals surface area (Å²) in [6.45, 7) is 0.181. The van der Waals surface area contributed by atoms with E-state index in [0.29, 0.717) is 16.9 Å². The van der Waals surface area contributed by atoms with Gasteiger partial charge in [-0.3, -0.25) is 20.4 Å². The first-order valence-corrected chi connectivity index (χ1v) is 8.51. The molecular formula is C20H18N2O4. The van der Waals surface area contributed by atoms with Gasteiger partial charge in [0, 0.05) is 16.9 Å². The molecule has 1 heterocycles. The van der Waals surface area contributed by atoms with Crippen molar-refractivity contribution >= 4 is 22.8 Å². The van der Waals surface area contributed by atoms with Gasteiger partial charge in [0.25, 0.3) is 0 Å². The predicted molar refractivity (Wildman–Crippen MR) is 95.3 cm³/mol. The van der Waals surface area contributed by atoms with E-state index >= 15 is 0 Å². The van der Waals surface area contributed by atoms with Crippen molar-refractivity contribution in [1.82, 2.24) is 10.9 Å². The highest BCUT2D eigenvalue weighted by molar-refractivity contribution is 5.99. The van der Waals surface area contributed by atoms with Crippen LogP contribution in [0.1, 0.15) is 29.0 Å². The van der Waals surface area contributed by atoms with Crippen molar-refractivity contribution < 1.29 is 18.7 Å². The standard InChI is InChI=1S/C20H18N2O4/c23-19(13-10-11-13)21-22-20(24)18-16(12-25-14-6-2-1-3-7-14)15-8-4-5-9-17(15)26-18/h1-9,13H,10-12H2,(H,21,23)(H,22,24). The second kappa shape index (κ2) is 6.92. The highest BCUT2D eigenvalue weighted by atomic mass is 16.5. The zero-order chi connectivity index (χ0) is 17.9. The lowest BCUT2D eigenvalue weighted by molar-refractivity contribution is -0.123. The fourth-order valence-electron chi connectivity index (χ4n) is 2.72. The SMILES string of the molecule is O=C(NNC(=O)C1CC1)c1oc2ccccc2c1COc1ccccc1. The minimum absolute atomic E-state index is 0.00635. The van der Waals surface area contributed by atoms with Gasteiger partial charge >= 0.3 is 5.91 Å². The molecule has 26 heavy (non-hydrogen) atoms. The van der Waals surface area contributed by atoms with Gasteiger partial charge in [-0.25, -0.2) is 0 Å². The largest absolute Gasteiger partial charge is 0.489 e. The first-order valence-electron chi connectivity index (χ1n) is 8.51. The van der Waals surface area contributed by atoms with E-state index in [1.165, 1.54) is 0 Å². The lowest BCUT2D eigenvalue weighted by Crippen LogP contribution is -2.42. The monoisotopic (exact) mass is 350 g/mol. The summed E-state index contributed by atoms with van der Waals surface area (Å²) in [5, 5.41) is 0.808. The van der Waals surface area contributed by atoms with Crippen LogP contribution in [0, 0.1) is 5.92 Å². The number of nitrogens with one attached hydrogen (secondary N) is 2. The van der Waals surface area contributed by atoms with Crippen LogP contribution in [0.15, 0.2) is 59.0 Å². The Bertz CT molecular complexity index is 945. The number of fused-ring (bicyclic) bond motifs is 1. The predicted octanol–water partition coefficient (Wildman–Crippen LogP) is 3.18. The molecule has 1 aromatic heterocycles. The summed E-state index contributed by atoms with van der Waals surface area (Å²) >= 11 is 0. The van der Waals surface area contributed by atoms with Crippen molar-refractivity contribution in [1.29, 1.82) is 0 Å². The molecule has 2 amide bonds. The third-order valence-electron chi connectivity index (χ3n) is 4.28. The number of benzene rings is 2. The lowest BCUT2D eigenvalue weighted by Gasteiger charge is -2.08. The van der Waals surface area contributed by atoms with Crippen LogP contribution in [0.3, 0.4) is 0 Å². The van der Waals surface area contributed by atoms with E-state index in [1.54, 1.807) is 6.07 Å². The summed E-state index contributed by atoms with van der Waals surface area (Å²) in [4.78, 5) is 24.2. The maximum atomic E-state index is 12.5. The van der Waals surface area contributed by atoms with Crippen molar-refractivity contribution in [2.24, 2.45) is 5.92 Å². The number of carbonyl (C=O) groups is 2. The molecule has 1 fully saturated rings. The number of furan rings is 1. The number of rotatable bonds is 5. The molecular weight excluding hydrogens is 332 g/mol. The Labute approximate surface area is 150 Å². The van der Waals surface area contributed by atoms with Gasteiger partial charge in [0.15, 0.2) is 0 Å². The topological polar surface area (TPSA) is 80.6 Å². The summed E-state index contributed by atoms with van der Waals surface area (Å²) in [5.74, 6) is 0.176. The number of para-hydroxylation sites is 2. The molecule has 0 unspecified atom stereocenters. The van der Waals surface area contributed by atoms with E-state index in [9.17, 15) is 9.59 Å². The number of hydrazine groups is 1. The third kappa shape index (κ3) is 3.39. The first kappa shape index (κ1) is 16.2. The summed E-state index contributed by atoms with van der Waals surface area (Å²) < 4.78 is 11.5. The molecule has 2 aromatic carbocycles. The molecule has 0 radical (unpaired) electrons. The Hall–Kier alpha value is -3.28. The molecule has 0 atom stereocenters. The average Bonchev–Trinajstić information content (AvgIpc) is 3.46. The van der Waals surface area contributed by atoms with Gasteiger partial charge in [0.1, 0.15) is 17.9 Å². The number of hydrogen-bond donors (Lipinski definition) is 2.